The van der Waals surface area contributed by atoms with Gasteiger partial charge < -0.3 is 0 Å². The molecular weight excluding hydrogens is 192 g/mol. The molecule has 0 fully saturated rings. The Balaban J connectivity index is 2.37. The first-order valence-corrected chi connectivity index (χ1v) is 4.50. The van der Waals surface area contributed by atoms with Crippen LogP contribution in [0.2, 0.25) is 0 Å². The van der Waals surface area contributed by atoms with Crippen LogP contribution in [-0.4, -0.2) is 25.8 Å². The minimum Gasteiger partial charge on any atom is -0.285 e. The lowest BCUT2D eigenvalue weighted by atomic mass is 10.2. The molecule has 0 unspecified atom stereocenters. The van der Waals surface area contributed by atoms with Crippen molar-refractivity contribution >= 4 is 5.78 Å². The third-order valence-corrected chi connectivity index (χ3v) is 2.09. The van der Waals surface area contributed by atoms with Crippen molar-refractivity contribution in [2.45, 2.75) is 6.92 Å². The number of ketones is 1. The molecule has 2 rings (SSSR count). The van der Waals surface area contributed by atoms with Gasteiger partial charge >= 0.3 is 0 Å². The number of aromatic nitrogens is 4. The van der Waals surface area contributed by atoms with Gasteiger partial charge in [0.25, 0.3) is 0 Å². The molecule has 0 bridgehead atoms. The van der Waals surface area contributed by atoms with E-state index in [1.54, 1.807) is 19.3 Å². The van der Waals surface area contributed by atoms with E-state index in [1.165, 1.54) is 10.9 Å². The Bertz CT molecular complexity index is 486. The lowest BCUT2D eigenvalue weighted by Gasteiger charge is -1.99. The first kappa shape index (κ1) is 9.51. The summed E-state index contributed by atoms with van der Waals surface area (Å²) in [6, 6.07) is 3.55. The number of pyridine rings is 1. The first-order chi connectivity index (χ1) is 7.18. The van der Waals surface area contributed by atoms with Crippen LogP contribution in [0.15, 0.2) is 24.5 Å². The maximum Gasteiger partial charge on any atom is 0.230 e. The molecule has 0 N–H and O–H groups in total. The van der Waals surface area contributed by atoms with Gasteiger partial charge in [0, 0.05) is 13.2 Å². The largest absolute Gasteiger partial charge is 0.285 e. The Kier molecular flexibility index (Phi) is 2.29. The molecular formula is C10H10N4O. The number of aryl methyl sites for hydroxylation is 2. The second-order valence-corrected chi connectivity index (χ2v) is 3.29. The van der Waals surface area contributed by atoms with Gasteiger partial charge in [0.2, 0.25) is 5.78 Å². The number of hydrogen-bond donors (Lipinski definition) is 0. The molecule has 15 heavy (non-hydrogen) atoms. The van der Waals surface area contributed by atoms with Crippen molar-refractivity contribution in [3.8, 4) is 0 Å². The quantitative estimate of drug-likeness (QED) is 0.674. The molecule has 5 heteroatoms. The van der Waals surface area contributed by atoms with Crippen LogP contribution >= 0.6 is 0 Å². The van der Waals surface area contributed by atoms with Crippen molar-refractivity contribution in [2.75, 3.05) is 0 Å². The molecule has 76 valence electrons. The van der Waals surface area contributed by atoms with Gasteiger partial charge in [0.15, 0.2) is 0 Å². The van der Waals surface area contributed by atoms with Gasteiger partial charge in [-0.2, -0.15) is 0 Å². The van der Waals surface area contributed by atoms with Crippen LogP contribution in [0.3, 0.4) is 0 Å². The van der Waals surface area contributed by atoms with Crippen LogP contribution in [0.25, 0.3) is 0 Å². The van der Waals surface area contributed by atoms with E-state index in [4.69, 9.17) is 0 Å². The number of carbonyl (C=O) groups is 1. The van der Waals surface area contributed by atoms with Gasteiger partial charge in [-0.05, 0) is 18.6 Å². The lowest BCUT2D eigenvalue weighted by molar-refractivity contribution is 0.102. The van der Waals surface area contributed by atoms with Crippen molar-refractivity contribution in [2.24, 2.45) is 7.05 Å². The summed E-state index contributed by atoms with van der Waals surface area (Å²) in [6.45, 7) is 1.92. The zero-order chi connectivity index (χ0) is 10.8. The summed E-state index contributed by atoms with van der Waals surface area (Å²) < 4.78 is 1.43. The molecule has 0 atom stereocenters. The molecule has 2 aromatic heterocycles. The van der Waals surface area contributed by atoms with Crippen molar-refractivity contribution in [1.29, 1.82) is 0 Å². The molecule has 2 aromatic rings. The van der Waals surface area contributed by atoms with Crippen LogP contribution in [0.1, 0.15) is 21.7 Å². The van der Waals surface area contributed by atoms with Crippen molar-refractivity contribution in [3.05, 3.63) is 41.5 Å². The first-order valence-electron chi connectivity index (χ1n) is 4.50. The summed E-state index contributed by atoms with van der Waals surface area (Å²) in [4.78, 5) is 15.9. The summed E-state index contributed by atoms with van der Waals surface area (Å²) in [5.41, 5.74) is 1.87. The topological polar surface area (TPSA) is 60.7 Å². The Morgan fingerprint density at radius 2 is 2.13 bits per heavy atom. The maximum atomic E-state index is 11.9. The predicted octanol–water partition coefficient (Wildman–Crippen LogP) is 0.750. The standard InChI is InChI=1S/C10H10N4O/c1-7-3-4-8(11-5-7)10(15)9-6-12-13-14(9)2/h3-6H,1-2H3. The molecule has 5 nitrogen and oxygen atoms in total. The average Bonchev–Trinajstić information content (AvgIpc) is 2.65. The third kappa shape index (κ3) is 1.76. The number of hydrogen-bond acceptors (Lipinski definition) is 4. The van der Waals surface area contributed by atoms with Crippen LogP contribution in [0.5, 0.6) is 0 Å². The van der Waals surface area contributed by atoms with Gasteiger partial charge in [0.1, 0.15) is 11.4 Å². The van der Waals surface area contributed by atoms with Gasteiger partial charge in [-0.15, -0.1) is 5.10 Å². The minimum absolute atomic E-state index is 0.164. The molecule has 0 saturated heterocycles. The van der Waals surface area contributed by atoms with E-state index in [-0.39, 0.29) is 5.78 Å². The highest BCUT2D eigenvalue weighted by Crippen LogP contribution is 2.05. The smallest absolute Gasteiger partial charge is 0.230 e. The molecule has 0 saturated carbocycles. The zero-order valence-electron chi connectivity index (χ0n) is 8.51. The third-order valence-electron chi connectivity index (χ3n) is 2.09. The monoisotopic (exact) mass is 202 g/mol. The normalized spacial score (nSPS) is 10.3. The van der Waals surface area contributed by atoms with E-state index >= 15 is 0 Å². The minimum atomic E-state index is -0.164. The van der Waals surface area contributed by atoms with E-state index in [0.29, 0.717) is 11.4 Å². The molecule has 0 aliphatic heterocycles. The second-order valence-electron chi connectivity index (χ2n) is 3.29. The fraction of sp³-hybridized carbons (Fsp3) is 0.200. The molecule has 0 aromatic carbocycles. The summed E-state index contributed by atoms with van der Waals surface area (Å²) in [5, 5.41) is 7.35. The molecule has 0 amide bonds. The number of carbonyl (C=O) groups excluding carboxylic acids is 1. The summed E-state index contributed by atoms with van der Waals surface area (Å²) >= 11 is 0. The highest BCUT2D eigenvalue weighted by molar-refractivity contribution is 6.06. The fourth-order valence-electron chi connectivity index (χ4n) is 1.23. The SMILES string of the molecule is Cc1ccc(C(=O)c2cnnn2C)nc1. The van der Waals surface area contributed by atoms with E-state index in [2.05, 4.69) is 15.3 Å². The maximum absolute atomic E-state index is 11.9. The van der Waals surface area contributed by atoms with Gasteiger partial charge in [-0.25, -0.2) is 4.68 Å². The summed E-state index contributed by atoms with van der Waals surface area (Å²) in [6.07, 6.45) is 3.10. The fourth-order valence-corrected chi connectivity index (χ4v) is 1.23. The van der Waals surface area contributed by atoms with E-state index < -0.39 is 0 Å². The second kappa shape index (κ2) is 3.61. The average molecular weight is 202 g/mol. The van der Waals surface area contributed by atoms with Crippen LogP contribution in [0, 0.1) is 6.92 Å². The van der Waals surface area contributed by atoms with E-state index in [9.17, 15) is 4.79 Å². The van der Waals surface area contributed by atoms with Crippen molar-refractivity contribution in [3.63, 3.8) is 0 Å². The Labute approximate surface area is 86.8 Å². The predicted molar refractivity (Wildman–Crippen MR) is 53.4 cm³/mol. The van der Waals surface area contributed by atoms with Crippen molar-refractivity contribution < 1.29 is 4.79 Å². The Morgan fingerprint density at radius 1 is 1.33 bits per heavy atom. The molecule has 0 aliphatic rings. The molecule has 0 aliphatic carbocycles. The molecule has 0 spiro atoms. The number of rotatable bonds is 2. The van der Waals surface area contributed by atoms with Crippen LogP contribution in [-0.2, 0) is 7.05 Å². The van der Waals surface area contributed by atoms with E-state index in [0.717, 1.165) is 5.56 Å². The molecule has 2 heterocycles. The van der Waals surface area contributed by atoms with Crippen molar-refractivity contribution in [1.82, 2.24) is 20.0 Å². The molecule has 0 radical (unpaired) electrons. The highest BCUT2D eigenvalue weighted by Gasteiger charge is 2.14. The number of nitrogens with zero attached hydrogens (tertiary/aromatic N) is 4. The highest BCUT2D eigenvalue weighted by atomic mass is 16.1. The van der Waals surface area contributed by atoms with Gasteiger partial charge in [-0.1, -0.05) is 11.3 Å². The lowest BCUT2D eigenvalue weighted by Crippen LogP contribution is -2.09. The summed E-state index contributed by atoms with van der Waals surface area (Å²) in [5.74, 6) is -0.164. The van der Waals surface area contributed by atoms with Gasteiger partial charge in [-0.3, -0.25) is 9.78 Å². The van der Waals surface area contributed by atoms with Gasteiger partial charge in [0.05, 0.1) is 6.20 Å². The summed E-state index contributed by atoms with van der Waals surface area (Å²) in [7, 11) is 1.68. The van der Waals surface area contributed by atoms with E-state index in [1.807, 2.05) is 13.0 Å². The zero-order valence-corrected chi connectivity index (χ0v) is 8.51. The van der Waals surface area contributed by atoms with Crippen LogP contribution in [0.4, 0.5) is 0 Å². The Morgan fingerprint density at radius 3 is 2.67 bits per heavy atom. The Hall–Kier alpha value is -2.04. The van der Waals surface area contributed by atoms with Crippen LogP contribution < -0.4 is 0 Å².